The molecule has 0 bridgehead atoms. The molecule has 43 valence electrons. The fourth-order valence-corrected chi connectivity index (χ4v) is 0.278. The van der Waals surface area contributed by atoms with E-state index in [2.05, 4.69) is 5.32 Å². The van der Waals surface area contributed by atoms with Crippen LogP contribution in [0.4, 0.5) is 0 Å². The van der Waals surface area contributed by atoms with Crippen molar-refractivity contribution in [2.45, 2.75) is 12.6 Å². The van der Waals surface area contributed by atoms with Gasteiger partial charge in [-0.05, 0) is 6.42 Å². The Bertz CT molecular complexity index is 35.9. The molecule has 0 saturated heterocycles. The maximum absolute atomic E-state index is 5.20. The van der Waals surface area contributed by atoms with Crippen molar-refractivity contribution in [3.05, 3.63) is 0 Å². The third-order valence-electron chi connectivity index (χ3n) is 0.686. The van der Waals surface area contributed by atoms with Crippen LogP contribution >= 0.6 is 0 Å². The Kier molecular flexibility index (Phi) is 3.98. The summed E-state index contributed by atoms with van der Waals surface area (Å²) in [6.45, 7) is 0.775. The van der Waals surface area contributed by atoms with E-state index >= 15 is 0 Å². The SMILES string of the molecule is C[N]CCC(N)N. The Balaban J connectivity index is 2.68. The molecule has 7 heavy (non-hydrogen) atoms. The summed E-state index contributed by atoms with van der Waals surface area (Å²) in [6, 6.07) is 0. The zero-order chi connectivity index (χ0) is 5.70. The lowest BCUT2D eigenvalue weighted by molar-refractivity contribution is 0.602. The molecule has 3 nitrogen and oxygen atoms in total. The fourth-order valence-electron chi connectivity index (χ4n) is 0.278. The smallest absolute Gasteiger partial charge is 0.0533 e. The van der Waals surface area contributed by atoms with Crippen LogP contribution in [0.5, 0.6) is 0 Å². The summed E-state index contributed by atoms with van der Waals surface area (Å²) >= 11 is 0. The molecule has 0 aliphatic heterocycles. The number of hydrogen-bond acceptors (Lipinski definition) is 2. The highest BCUT2D eigenvalue weighted by atomic mass is 14.9. The number of hydrogen-bond donors (Lipinski definition) is 2. The van der Waals surface area contributed by atoms with Gasteiger partial charge in [-0.2, -0.15) is 0 Å². The fraction of sp³-hybridized carbons (Fsp3) is 1.00. The first kappa shape index (κ1) is 6.88. The van der Waals surface area contributed by atoms with E-state index in [1.807, 2.05) is 0 Å². The molecule has 0 atom stereocenters. The van der Waals surface area contributed by atoms with Gasteiger partial charge in [0.15, 0.2) is 0 Å². The second-order valence-electron chi connectivity index (χ2n) is 1.49. The Morgan fingerprint density at radius 1 is 1.57 bits per heavy atom. The summed E-state index contributed by atoms with van der Waals surface area (Å²) < 4.78 is 0. The summed E-state index contributed by atoms with van der Waals surface area (Å²) in [5, 5.41) is 3.82. The van der Waals surface area contributed by atoms with E-state index < -0.39 is 0 Å². The van der Waals surface area contributed by atoms with Crippen molar-refractivity contribution in [3.8, 4) is 0 Å². The molecule has 0 spiro atoms. The first-order valence-corrected chi connectivity index (χ1v) is 2.34. The second kappa shape index (κ2) is 4.05. The van der Waals surface area contributed by atoms with Gasteiger partial charge in [0.05, 0.1) is 6.17 Å². The number of nitrogens with zero attached hydrogens (tertiary/aromatic N) is 1. The van der Waals surface area contributed by atoms with Gasteiger partial charge in [0.2, 0.25) is 0 Å². The molecule has 0 heterocycles. The van der Waals surface area contributed by atoms with Crippen LogP contribution < -0.4 is 16.8 Å². The van der Waals surface area contributed by atoms with Crippen molar-refractivity contribution >= 4 is 0 Å². The molecule has 0 fully saturated rings. The number of rotatable bonds is 3. The standard InChI is InChI=1S/C4H12N3/c1-7-3-2-4(5)6/h4H,2-3,5-6H2,1H3. The third-order valence-corrected chi connectivity index (χ3v) is 0.686. The van der Waals surface area contributed by atoms with Crippen LogP contribution in [0.1, 0.15) is 6.42 Å². The van der Waals surface area contributed by atoms with Crippen LogP contribution in [-0.2, 0) is 0 Å². The molecule has 1 radical (unpaired) electrons. The second-order valence-corrected chi connectivity index (χ2v) is 1.49. The van der Waals surface area contributed by atoms with Gasteiger partial charge in [-0.15, -0.1) is 0 Å². The molecule has 3 heteroatoms. The van der Waals surface area contributed by atoms with Crippen LogP contribution in [0.15, 0.2) is 0 Å². The first-order valence-electron chi connectivity index (χ1n) is 2.34. The summed E-state index contributed by atoms with van der Waals surface area (Å²) in [5.74, 6) is 0. The van der Waals surface area contributed by atoms with Crippen molar-refractivity contribution in [1.82, 2.24) is 5.32 Å². The van der Waals surface area contributed by atoms with Crippen LogP contribution in [0.2, 0.25) is 0 Å². The normalized spacial score (nSPS) is 10.3. The van der Waals surface area contributed by atoms with Crippen LogP contribution in [0.25, 0.3) is 0 Å². The lowest BCUT2D eigenvalue weighted by Gasteiger charge is -2.00. The predicted molar refractivity (Wildman–Crippen MR) is 29.7 cm³/mol. The van der Waals surface area contributed by atoms with Gasteiger partial charge >= 0.3 is 0 Å². The Labute approximate surface area is 44.1 Å². The number of nitrogens with two attached hydrogens (primary N) is 2. The van der Waals surface area contributed by atoms with Gasteiger partial charge in [-0.1, -0.05) is 0 Å². The van der Waals surface area contributed by atoms with E-state index in [0.717, 1.165) is 13.0 Å². The van der Waals surface area contributed by atoms with E-state index in [1.54, 1.807) is 7.05 Å². The van der Waals surface area contributed by atoms with Gasteiger partial charge in [0.1, 0.15) is 0 Å². The summed E-state index contributed by atoms with van der Waals surface area (Å²) in [7, 11) is 1.75. The highest BCUT2D eigenvalue weighted by Gasteiger charge is 1.89. The summed E-state index contributed by atoms with van der Waals surface area (Å²) in [6.07, 6.45) is 0.597. The van der Waals surface area contributed by atoms with Crippen molar-refractivity contribution in [2.24, 2.45) is 11.5 Å². The van der Waals surface area contributed by atoms with E-state index in [9.17, 15) is 0 Å². The average Bonchev–Trinajstić information content (AvgIpc) is 1.61. The zero-order valence-electron chi connectivity index (χ0n) is 4.59. The Morgan fingerprint density at radius 2 is 2.14 bits per heavy atom. The minimum atomic E-state index is -0.191. The van der Waals surface area contributed by atoms with Gasteiger partial charge < -0.3 is 11.5 Å². The lowest BCUT2D eigenvalue weighted by Crippen LogP contribution is -2.32. The summed E-state index contributed by atoms with van der Waals surface area (Å²) in [5.41, 5.74) is 10.4. The topological polar surface area (TPSA) is 66.1 Å². The monoisotopic (exact) mass is 102 g/mol. The maximum atomic E-state index is 5.20. The van der Waals surface area contributed by atoms with Crippen molar-refractivity contribution < 1.29 is 0 Å². The van der Waals surface area contributed by atoms with Gasteiger partial charge in [-0.25, -0.2) is 5.32 Å². The highest BCUT2D eigenvalue weighted by molar-refractivity contribution is 4.50. The first-order chi connectivity index (χ1) is 3.27. The molecule has 0 aromatic carbocycles. The molecule has 0 rings (SSSR count). The molecular formula is C4H12N3. The molecule has 0 amide bonds. The molecule has 0 unspecified atom stereocenters. The molecule has 0 saturated carbocycles. The third kappa shape index (κ3) is 5.88. The molecular weight excluding hydrogens is 90.1 g/mol. The maximum Gasteiger partial charge on any atom is 0.0533 e. The minimum Gasteiger partial charge on any atom is -0.316 e. The van der Waals surface area contributed by atoms with Gasteiger partial charge in [0.25, 0.3) is 0 Å². The molecule has 0 aliphatic carbocycles. The molecule has 0 aromatic rings. The molecule has 4 N–H and O–H groups in total. The Morgan fingerprint density at radius 3 is 2.29 bits per heavy atom. The van der Waals surface area contributed by atoms with Gasteiger partial charge in [-0.3, -0.25) is 0 Å². The van der Waals surface area contributed by atoms with Gasteiger partial charge in [0, 0.05) is 13.6 Å². The minimum absolute atomic E-state index is 0.191. The highest BCUT2D eigenvalue weighted by Crippen LogP contribution is 1.73. The van der Waals surface area contributed by atoms with E-state index in [-0.39, 0.29) is 6.17 Å². The van der Waals surface area contributed by atoms with Crippen LogP contribution in [-0.4, -0.2) is 19.8 Å². The largest absolute Gasteiger partial charge is 0.316 e. The van der Waals surface area contributed by atoms with Crippen LogP contribution in [0, 0.1) is 0 Å². The van der Waals surface area contributed by atoms with E-state index in [4.69, 9.17) is 11.5 Å². The lowest BCUT2D eigenvalue weighted by atomic mass is 10.4. The van der Waals surface area contributed by atoms with Crippen LogP contribution in [0.3, 0.4) is 0 Å². The van der Waals surface area contributed by atoms with Crippen molar-refractivity contribution in [3.63, 3.8) is 0 Å². The van der Waals surface area contributed by atoms with Crippen molar-refractivity contribution in [2.75, 3.05) is 13.6 Å². The van der Waals surface area contributed by atoms with Crippen molar-refractivity contribution in [1.29, 1.82) is 0 Å². The zero-order valence-corrected chi connectivity index (χ0v) is 4.59. The quantitative estimate of drug-likeness (QED) is 0.442. The average molecular weight is 102 g/mol. The summed E-state index contributed by atoms with van der Waals surface area (Å²) in [4.78, 5) is 0. The predicted octanol–water partition coefficient (Wildman–Crippen LogP) is -1.15. The van der Waals surface area contributed by atoms with E-state index in [1.165, 1.54) is 0 Å². The Hall–Kier alpha value is -0.120. The van der Waals surface area contributed by atoms with E-state index in [0.29, 0.717) is 0 Å². The molecule has 0 aliphatic rings. The molecule has 0 aromatic heterocycles.